The number of nitrogens with two attached hydrogens (primary N) is 1. The molecule has 7 heteroatoms. The minimum atomic E-state index is -4.23. The van der Waals surface area contributed by atoms with E-state index in [-0.39, 0.29) is 17.1 Å². The Kier molecular flexibility index (Phi) is 3.93. The Bertz CT molecular complexity index is 409. The van der Waals surface area contributed by atoms with Gasteiger partial charge in [0.2, 0.25) is 0 Å². The van der Waals surface area contributed by atoms with Gasteiger partial charge < -0.3 is 10.5 Å². The number of nitrogen functional groups attached to an aromatic ring is 1. The lowest BCUT2D eigenvalue weighted by molar-refractivity contribution is -0.148. The van der Waals surface area contributed by atoms with Crippen LogP contribution in [0.25, 0.3) is 0 Å². The first-order chi connectivity index (χ1) is 7.84. The quantitative estimate of drug-likeness (QED) is 0.478. The summed E-state index contributed by atoms with van der Waals surface area (Å²) in [5.41, 5.74) is 5.26. The van der Waals surface area contributed by atoms with Crippen molar-refractivity contribution >= 4 is 5.84 Å². The molecule has 0 radical (unpaired) electrons. The van der Waals surface area contributed by atoms with Gasteiger partial charge in [-0.15, -0.1) is 0 Å². The third-order valence-corrected chi connectivity index (χ3v) is 1.92. The van der Waals surface area contributed by atoms with Crippen molar-refractivity contribution in [2.45, 2.75) is 12.3 Å². The molecule has 0 fully saturated rings. The average molecular weight is 250 g/mol. The molecule has 0 heterocycles. The van der Waals surface area contributed by atoms with Crippen molar-refractivity contribution in [1.82, 2.24) is 0 Å². The maximum Gasteiger partial charge on any atom is 0.340 e. The van der Waals surface area contributed by atoms with Crippen molar-refractivity contribution in [2.24, 2.45) is 5.73 Å². The molecule has 17 heavy (non-hydrogen) atoms. The summed E-state index contributed by atoms with van der Waals surface area (Å²) in [7, 11) is 0. The van der Waals surface area contributed by atoms with Crippen molar-refractivity contribution in [3.63, 3.8) is 0 Å². The van der Waals surface area contributed by atoms with E-state index in [0.717, 1.165) is 0 Å². The minimum Gasteiger partial charge on any atom is -0.486 e. The van der Waals surface area contributed by atoms with Crippen LogP contribution in [-0.4, -0.2) is 24.8 Å². The first-order valence-corrected chi connectivity index (χ1v) is 4.57. The molecule has 0 aromatic heterocycles. The monoisotopic (exact) mass is 250 g/mol. The van der Waals surface area contributed by atoms with Crippen LogP contribution in [0.4, 0.5) is 17.6 Å². The summed E-state index contributed by atoms with van der Waals surface area (Å²) in [5.74, 6) is -4.74. The Balaban J connectivity index is 2.79. The van der Waals surface area contributed by atoms with E-state index in [4.69, 9.17) is 11.1 Å². The Morgan fingerprint density at radius 1 is 1.35 bits per heavy atom. The number of nitrogens with one attached hydrogen (secondary N) is 1. The molecule has 0 aliphatic heterocycles. The van der Waals surface area contributed by atoms with Gasteiger partial charge in [-0.25, -0.2) is 8.78 Å². The summed E-state index contributed by atoms with van der Waals surface area (Å²) in [6, 6.07) is 5.63. The Labute approximate surface area is 94.7 Å². The van der Waals surface area contributed by atoms with Gasteiger partial charge >= 0.3 is 12.3 Å². The van der Waals surface area contributed by atoms with Crippen LogP contribution in [0.15, 0.2) is 24.3 Å². The summed E-state index contributed by atoms with van der Waals surface area (Å²) in [6.07, 6.45) is -3.80. The lowest BCUT2D eigenvalue weighted by atomic mass is 10.2. The smallest absolute Gasteiger partial charge is 0.340 e. The molecule has 0 amide bonds. The number of ether oxygens (including phenoxy) is 1. The largest absolute Gasteiger partial charge is 0.486 e. The summed E-state index contributed by atoms with van der Waals surface area (Å²) in [6.45, 7) is -1.46. The van der Waals surface area contributed by atoms with E-state index in [0.29, 0.717) is 0 Å². The first kappa shape index (κ1) is 13.3. The molecule has 3 N–H and O–H groups in total. The highest BCUT2D eigenvalue weighted by molar-refractivity contribution is 5.97. The van der Waals surface area contributed by atoms with Crippen molar-refractivity contribution < 1.29 is 22.3 Å². The molecule has 0 aliphatic rings. The number of para-hydroxylation sites is 1. The number of benzene rings is 1. The highest BCUT2D eigenvalue weighted by Gasteiger charge is 2.41. The number of hydrogen-bond donors (Lipinski definition) is 2. The van der Waals surface area contributed by atoms with E-state index < -0.39 is 19.0 Å². The van der Waals surface area contributed by atoms with E-state index in [9.17, 15) is 17.6 Å². The van der Waals surface area contributed by atoms with Gasteiger partial charge in [-0.3, -0.25) is 5.41 Å². The molecule has 94 valence electrons. The number of rotatable bonds is 5. The molecule has 3 nitrogen and oxygen atoms in total. The van der Waals surface area contributed by atoms with Crippen molar-refractivity contribution in [3.05, 3.63) is 29.8 Å². The van der Waals surface area contributed by atoms with Gasteiger partial charge in [0.15, 0.2) is 6.61 Å². The van der Waals surface area contributed by atoms with Crippen LogP contribution < -0.4 is 10.5 Å². The van der Waals surface area contributed by atoms with E-state index in [1.165, 1.54) is 24.3 Å². The summed E-state index contributed by atoms with van der Waals surface area (Å²) in [5, 5.41) is 7.16. The number of alkyl halides is 4. The third-order valence-electron chi connectivity index (χ3n) is 1.92. The van der Waals surface area contributed by atoms with Crippen LogP contribution in [0.2, 0.25) is 0 Å². The zero-order valence-electron chi connectivity index (χ0n) is 8.59. The summed E-state index contributed by atoms with van der Waals surface area (Å²) < 4.78 is 53.5. The van der Waals surface area contributed by atoms with Gasteiger partial charge in [-0.05, 0) is 12.1 Å². The predicted molar refractivity (Wildman–Crippen MR) is 53.9 cm³/mol. The fourth-order valence-electron chi connectivity index (χ4n) is 1.05. The van der Waals surface area contributed by atoms with Crippen LogP contribution in [0, 0.1) is 5.41 Å². The van der Waals surface area contributed by atoms with Crippen LogP contribution in [-0.2, 0) is 0 Å². The van der Waals surface area contributed by atoms with Gasteiger partial charge in [0.25, 0.3) is 0 Å². The topological polar surface area (TPSA) is 59.1 Å². The molecule has 0 aliphatic carbocycles. The molecule has 0 saturated carbocycles. The predicted octanol–water partition coefficient (Wildman–Crippen LogP) is 2.25. The van der Waals surface area contributed by atoms with Crippen molar-refractivity contribution in [3.8, 4) is 5.75 Å². The highest BCUT2D eigenvalue weighted by atomic mass is 19.3. The van der Waals surface area contributed by atoms with Crippen LogP contribution in [0.1, 0.15) is 5.56 Å². The lowest BCUT2D eigenvalue weighted by Crippen LogP contribution is -2.34. The fraction of sp³-hybridized carbons (Fsp3) is 0.300. The normalized spacial score (nSPS) is 11.6. The maximum absolute atomic E-state index is 12.6. The van der Waals surface area contributed by atoms with Crippen LogP contribution in [0.5, 0.6) is 5.75 Å². The number of halogens is 4. The number of hydrogen-bond acceptors (Lipinski definition) is 2. The van der Waals surface area contributed by atoms with Gasteiger partial charge in [0, 0.05) is 0 Å². The Morgan fingerprint density at radius 3 is 2.47 bits per heavy atom. The second kappa shape index (κ2) is 5.03. The molecular weight excluding hydrogens is 240 g/mol. The summed E-state index contributed by atoms with van der Waals surface area (Å²) in [4.78, 5) is 0. The molecule has 1 aromatic carbocycles. The van der Waals surface area contributed by atoms with Gasteiger partial charge in [0.1, 0.15) is 11.6 Å². The molecule has 1 aromatic rings. The molecule has 0 bridgehead atoms. The maximum atomic E-state index is 12.6. The van der Waals surface area contributed by atoms with E-state index >= 15 is 0 Å². The molecule has 0 atom stereocenters. The number of amidine groups is 1. The molecule has 1 rings (SSSR count). The zero-order valence-corrected chi connectivity index (χ0v) is 8.59. The van der Waals surface area contributed by atoms with Gasteiger partial charge in [-0.2, -0.15) is 8.78 Å². The van der Waals surface area contributed by atoms with E-state index in [2.05, 4.69) is 4.74 Å². The van der Waals surface area contributed by atoms with Crippen LogP contribution in [0.3, 0.4) is 0 Å². The standard InChI is InChI=1S/C10H10F4N2O/c11-9(12)10(13,14)5-17-7-4-2-1-3-6(7)8(15)16/h1-4,9H,5H2,(H3,15,16). The van der Waals surface area contributed by atoms with Gasteiger partial charge in [-0.1, -0.05) is 12.1 Å². The first-order valence-electron chi connectivity index (χ1n) is 4.57. The van der Waals surface area contributed by atoms with Crippen LogP contribution >= 0.6 is 0 Å². The van der Waals surface area contributed by atoms with Crippen molar-refractivity contribution in [2.75, 3.05) is 6.61 Å². The average Bonchev–Trinajstić information content (AvgIpc) is 2.26. The minimum absolute atomic E-state index is 0.0811. The highest BCUT2D eigenvalue weighted by Crippen LogP contribution is 2.25. The molecule has 0 unspecified atom stereocenters. The van der Waals surface area contributed by atoms with E-state index in [1.807, 2.05) is 0 Å². The Morgan fingerprint density at radius 2 is 1.94 bits per heavy atom. The molecule has 0 saturated heterocycles. The van der Waals surface area contributed by atoms with Gasteiger partial charge in [0.05, 0.1) is 5.56 Å². The Hall–Kier alpha value is -1.79. The molecular formula is C10H10F4N2O. The zero-order chi connectivity index (χ0) is 13.1. The fourth-order valence-corrected chi connectivity index (χ4v) is 1.05. The third kappa shape index (κ3) is 3.33. The van der Waals surface area contributed by atoms with Crippen molar-refractivity contribution in [1.29, 1.82) is 5.41 Å². The second-order valence-corrected chi connectivity index (χ2v) is 3.26. The second-order valence-electron chi connectivity index (χ2n) is 3.26. The SMILES string of the molecule is N=C(N)c1ccccc1OCC(F)(F)C(F)F. The van der Waals surface area contributed by atoms with E-state index in [1.54, 1.807) is 0 Å². The molecule has 0 spiro atoms. The lowest BCUT2D eigenvalue weighted by Gasteiger charge is -2.17. The summed E-state index contributed by atoms with van der Waals surface area (Å²) >= 11 is 0.